The van der Waals surface area contributed by atoms with Crippen LogP contribution < -0.4 is 10.1 Å². The molecule has 0 aliphatic rings. The second-order valence-electron chi connectivity index (χ2n) is 4.47. The highest BCUT2D eigenvalue weighted by molar-refractivity contribution is 14.1. The van der Waals surface area contributed by atoms with E-state index in [9.17, 15) is 4.79 Å². The summed E-state index contributed by atoms with van der Waals surface area (Å²) in [6.45, 7) is 2.38. The van der Waals surface area contributed by atoms with E-state index < -0.39 is 0 Å². The average Bonchev–Trinajstić information content (AvgIpc) is 2.41. The zero-order valence-corrected chi connectivity index (χ0v) is 13.4. The number of carbonyl (C=O) groups is 1. The minimum atomic E-state index is -0.0427. The molecule has 2 rings (SSSR count). The van der Waals surface area contributed by atoms with E-state index >= 15 is 0 Å². The van der Waals surface area contributed by atoms with Gasteiger partial charge in [-0.05, 0) is 71.5 Å². The third-order valence-electron chi connectivity index (χ3n) is 2.72. The summed E-state index contributed by atoms with van der Waals surface area (Å²) in [7, 11) is 0. The first-order valence-corrected chi connectivity index (χ1v) is 7.46. The number of carbonyl (C=O) groups excluding carboxylic acids is 1. The van der Waals surface area contributed by atoms with Gasteiger partial charge in [0.1, 0.15) is 5.75 Å². The van der Waals surface area contributed by atoms with Crippen molar-refractivity contribution >= 4 is 34.2 Å². The Bertz CT molecular complexity index is 581. The quantitative estimate of drug-likeness (QED) is 0.795. The van der Waals surface area contributed by atoms with Gasteiger partial charge in [0.25, 0.3) is 0 Å². The predicted molar refractivity (Wildman–Crippen MR) is 89.1 cm³/mol. The van der Waals surface area contributed by atoms with E-state index in [4.69, 9.17) is 4.74 Å². The first-order valence-electron chi connectivity index (χ1n) is 6.38. The van der Waals surface area contributed by atoms with E-state index in [1.807, 2.05) is 55.5 Å². The molecule has 3 nitrogen and oxygen atoms in total. The lowest BCUT2D eigenvalue weighted by Gasteiger charge is -2.08. The largest absolute Gasteiger partial charge is 0.493 e. The van der Waals surface area contributed by atoms with E-state index in [0.717, 1.165) is 20.6 Å². The van der Waals surface area contributed by atoms with Crippen LogP contribution in [0.25, 0.3) is 0 Å². The van der Waals surface area contributed by atoms with Crippen LogP contribution in [-0.2, 0) is 4.79 Å². The number of hydrogen-bond acceptors (Lipinski definition) is 2. The maximum Gasteiger partial charge on any atom is 0.227 e. The van der Waals surface area contributed by atoms with Gasteiger partial charge in [-0.25, -0.2) is 0 Å². The van der Waals surface area contributed by atoms with E-state index in [0.29, 0.717) is 13.0 Å². The Hall–Kier alpha value is -1.56. The second-order valence-corrected chi connectivity index (χ2v) is 5.72. The van der Waals surface area contributed by atoms with Crippen molar-refractivity contribution in [1.29, 1.82) is 0 Å². The number of halogens is 1. The molecule has 20 heavy (non-hydrogen) atoms. The lowest BCUT2D eigenvalue weighted by molar-refractivity contribution is -0.116. The van der Waals surface area contributed by atoms with Gasteiger partial charge in [-0.3, -0.25) is 4.79 Å². The highest BCUT2D eigenvalue weighted by Gasteiger charge is 2.03. The Morgan fingerprint density at radius 1 is 1.20 bits per heavy atom. The van der Waals surface area contributed by atoms with Crippen molar-refractivity contribution in [2.45, 2.75) is 13.3 Å². The molecular weight excluding hydrogens is 365 g/mol. The van der Waals surface area contributed by atoms with Crippen molar-refractivity contribution < 1.29 is 9.53 Å². The molecule has 0 aliphatic carbocycles. The van der Waals surface area contributed by atoms with Crippen molar-refractivity contribution in [3.8, 4) is 5.75 Å². The summed E-state index contributed by atoms with van der Waals surface area (Å²) in [5, 5.41) is 2.84. The van der Waals surface area contributed by atoms with Crippen LogP contribution in [0.4, 0.5) is 5.69 Å². The van der Waals surface area contributed by atoms with Crippen LogP contribution in [0.1, 0.15) is 12.0 Å². The third-order valence-corrected chi connectivity index (χ3v) is 3.43. The molecular formula is C16H16INO2. The summed E-state index contributed by atoms with van der Waals surface area (Å²) in [6, 6.07) is 15.5. The fraction of sp³-hybridized carbons (Fsp3) is 0.188. The molecule has 0 atom stereocenters. The first kappa shape index (κ1) is 14.8. The van der Waals surface area contributed by atoms with Crippen LogP contribution in [0.2, 0.25) is 0 Å². The van der Waals surface area contributed by atoms with Crippen LogP contribution in [-0.4, -0.2) is 12.5 Å². The van der Waals surface area contributed by atoms with Crippen molar-refractivity contribution in [3.63, 3.8) is 0 Å². The number of amides is 1. The van der Waals surface area contributed by atoms with Crippen LogP contribution in [0.3, 0.4) is 0 Å². The monoisotopic (exact) mass is 381 g/mol. The summed E-state index contributed by atoms with van der Waals surface area (Å²) in [5.74, 6) is 0.755. The molecule has 0 spiro atoms. The number of ether oxygens (including phenoxy) is 1. The second kappa shape index (κ2) is 7.28. The smallest absolute Gasteiger partial charge is 0.227 e. The molecule has 1 N–H and O–H groups in total. The highest BCUT2D eigenvalue weighted by atomic mass is 127. The Morgan fingerprint density at radius 3 is 2.65 bits per heavy atom. The van der Waals surface area contributed by atoms with E-state index in [1.54, 1.807) is 0 Å². The number of hydrogen-bond donors (Lipinski definition) is 1. The van der Waals surface area contributed by atoms with E-state index in [-0.39, 0.29) is 5.91 Å². The molecule has 0 fully saturated rings. The molecule has 2 aromatic rings. The Kier molecular flexibility index (Phi) is 5.40. The van der Waals surface area contributed by atoms with E-state index in [1.165, 1.54) is 0 Å². The molecule has 104 valence electrons. The fourth-order valence-electron chi connectivity index (χ4n) is 1.72. The SMILES string of the molecule is Cc1cccc(OCCC(=O)Nc2ccc(I)cc2)c1. The number of nitrogens with one attached hydrogen (secondary N) is 1. The summed E-state index contributed by atoms with van der Waals surface area (Å²) in [5.41, 5.74) is 1.96. The van der Waals surface area contributed by atoms with Gasteiger partial charge >= 0.3 is 0 Å². The molecule has 0 aromatic heterocycles. The number of benzene rings is 2. The first-order chi connectivity index (χ1) is 9.63. The molecule has 2 aromatic carbocycles. The number of rotatable bonds is 5. The van der Waals surface area contributed by atoms with Crippen LogP contribution >= 0.6 is 22.6 Å². The summed E-state index contributed by atoms with van der Waals surface area (Å²) in [4.78, 5) is 11.8. The van der Waals surface area contributed by atoms with Gasteiger partial charge in [-0.1, -0.05) is 12.1 Å². The fourth-order valence-corrected chi connectivity index (χ4v) is 2.08. The number of anilines is 1. The highest BCUT2D eigenvalue weighted by Crippen LogP contribution is 2.13. The molecule has 0 saturated heterocycles. The topological polar surface area (TPSA) is 38.3 Å². The maximum absolute atomic E-state index is 11.8. The molecule has 0 saturated carbocycles. The third kappa shape index (κ3) is 4.85. The molecule has 0 radical (unpaired) electrons. The summed E-state index contributed by atoms with van der Waals surface area (Å²) >= 11 is 2.23. The van der Waals surface area contributed by atoms with Crippen molar-refractivity contribution in [1.82, 2.24) is 0 Å². The maximum atomic E-state index is 11.8. The minimum absolute atomic E-state index is 0.0427. The lowest BCUT2D eigenvalue weighted by atomic mass is 10.2. The normalized spacial score (nSPS) is 10.1. The summed E-state index contributed by atoms with van der Waals surface area (Å²) in [6.07, 6.45) is 0.333. The Balaban J connectivity index is 1.76. The molecule has 4 heteroatoms. The van der Waals surface area contributed by atoms with Gasteiger partial charge in [0.15, 0.2) is 0 Å². The van der Waals surface area contributed by atoms with Gasteiger partial charge in [0, 0.05) is 9.26 Å². The van der Waals surface area contributed by atoms with Crippen LogP contribution in [0.15, 0.2) is 48.5 Å². The molecule has 0 bridgehead atoms. The zero-order valence-electron chi connectivity index (χ0n) is 11.2. The van der Waals surface area contributed by atoms with Crippen LogP contribution in [0.5, 0.6) is 5.75 Å². The van der Waals surface area contributed by atoms with Gasteiger partial charge < -0.3 is 10.1 Å². The molecule has 0 unspecified atom stereocenters. The van der Waals surface area contributed by atoms with Gasteiger partial charge in [0.05, 0.1) is 13.0 Å². The Labute approximate surface area is 132 Å². The van der Waals surface area contributed by atoms with Crippen LogP contribution in [0, 0.1) is 10.5 Å². The minimum Gasteiger partial charge on any atom is -0.493 e. The van der Waals surface area contributed by atoms with E-state index in [2.05, 4.69) is 27.9 Å². The standard InChI is InChI=1S/C16H16INO2/c1-12-3-2-4-15(11-12)20-10-9-16(19)18-14-7-5-13(17)6-8-14/h2-8,11H,9-10H2,1H3,(H,18,19). The molecule has 1 amide bonds. The van der Waals surface area contributed by atoms with Gasteiger partial charge in [0.2, 0.25) is 5.91 Å². The average molecular weight is 381 g/mol. The lowest BCUT2D eigenvalue weighted by Crippen LogP contribution is -2.15. The van der Waals surface area contributed by atoms with Crippen molar-refractivity contribution in [2.75, 3.05) is 11.9 Å². The molecule has 0 aliphatic heterocycles. The molecule has 0 heterocycles. The van der Waals surface area contributed by atoms with Gasteiger partial charge in [-0.15, -0.1) is 0 Å². The van der Waals surface area contributed by atoms with Crippen molar-refractivity contribution in [3.05, 3.63) is 57.7 Å². The van der Waals surface area contributed by atoms with Gasteiger partial charge in [-0.2, -0.15) is 0 Å². The summed E-state index contributed by atoms with van der Waals surface area (Å²) < 4.78 is 6.69. The number of aryl methyl sites for hydroxylation is 1. The zero-order chi connectivity index (χ0) is 14.4. The van der Waals surface area contributed by atoms with Crippen molar-refractivity contribution in [2.24, 2.45) is 0 Å². The predicted octanol–water partition coefficient (Wildman–Crippen LogP) is 4.01. The Morgan fingerprint density at radius 2 is 1.95 bits per heavy atom.